The third kappa shape index (κ3) is 3.43. The summed E-state index contributed by atoms with van der Waals surface area (Å²) in [5.74, 6) is -1.35. The molecule has 1 amide bonds. The highest BCUT2D eigenvalue weighted by Crippen LogP contribution is 2.25. The van der Waals surface area contributed by atoms with Gasteiger partial charge in [0.1, 0.15) is 4.21 Å². The van der Waals surface area contributed by atoms with E-state index in [9.17, 15) is 18.0 Å². The fourth-order valence-electron chi connectivity index (χ4n) is 2.54. The third-order valence-electron chi connectivity index (χ3n) is 3.89. The van der Waals surface area contributed by atoms with Crippen LogP contribution in [0, 0.1) is 0 Å². The minimum atomic E-state index is -3.75. The second kappa shape index (κ2) is 6.58. The molecule has 0 atom stereocenters. The van der Waals surface area contributed by atoms with E-state index < -0.39 is 16.0 Å². The third-order valence-corrected chi connectivity index (χ3v) is 7.21. The van der Waals surface area contributed by atoms with E-state index in [0.717, 1.165) is 17.4 Å². The largest absolute Gasteiger partial charge is 0.478 e. The van der Waals surface area contributed by atoms with Gasteiger partial charge in [-0.05, 0) is 6.07 Å². The Hall–Kier alpha value is -2.24. The summed E-state index contributed by atoms with van der Waals surface area (Å²) in [6.07, 6.45) is 3.09. The normalized spacial score (nSPS) is 16.1. The lowest BCUT2D eigenvalue weighted by atomic mass is 10.2. The molecule has 3 rings (SSSR count). The molecule has 2 aromatic rings. The number of hydrogen-bond acceptors (Lipinski definition) is 6. The van der Waals surface area contributed by atoms with E-state index in [4.69, 9.17) is 5.11 Å². The summed E-state index contributed by atoms with van der Waals surface area (Å²) in [5.41, 5.74) is 0.414. The molecule has 1 aliphatic rings. The number of amides is 1. The molecule has 3 heterocycles. The van der Waals surface area contributed by atoms with Crippen LogP contribution < -0.4 is 0 Å². The smallest absolute Gasteiger partial charge is 0.336 e. The molecule has 2 aromatic heterocycles. The molecule has 9 nitrogen and oxygen atoms in total. The van der Waals surface area contributed by atoms with Crippen LogP contribution in [0.15, 0.2) is 28.0 Å². The van der Waals surface area contributed by atoms with E-state index >= 15 is 0 Å². The molecule has 11 heteroatoms. The SMILES string of the molecule is Cn1cc(C(=O)N2CCN(S(=O)(=O)c3cc(C(=O)O)cs3)CC2)cn1. The molecule has 1 fully saturated rings. The van der Waals surface area contributed by atoms with Crippen LogP contribution in [-0.2, 0) is 17.1 Å². The van der Waals surface area contributed by atoms with Crippen LogP contribution >= 0.6 is 11.3 Å². The van der Waals surface area contributed by atoms with Crippen molar-refractivity contribution in [1.29, 1.82) is 0 Å². The van der Waals surface area contributed by atoms with Gasteiger partial charge in [-0.25, -0.2) is 13.2 Å². The summed E-state index contributed by atoms with van der Waals surface area (Å²) >= 11 is 0.883. The number of aromatic carboxylic acids is 1. The van der Waals surface area contributed by atoms with Crippen molar-refractivity contribution < 1.29 is 23.1 Å². The Morgan fingerprint density at radius 3 is 2.40 bits per heavy atom. The van der Waals surface area contributed by atoms with Crippen LogP contribution in [-0.4, -0.2) is 70.6 Å². The lowest BCUT2D eigenvalue weighted by Gasteiger charge is -2.33. The molecule has 0 saturated carbocycles. The number of carbonyl (C=O) groups excluding carboxylic acids is 1. The molecule has 1 N–H and O–H groups in total. The van der Waals surface area contributed by atoms with Crippen LogP contribution in [0.5, 0.6) is 0 Å². The first-order valence-electron chi connectivity index (χ1n) is 7.39. The van der Waals surface area contributed by atoms with E-state index in [-0.39, 0.29) is 41.9 Å². The number of carboxylic acids is 1. The highest BCUT2D eigenvalue weighted by Gasteiger charge is 2.32. The lowest BCUT2D eigenvalue weighted by Crippen LogP contribution is -2.50. The molecule has 0 aromatic carbocycles. The number of aromatic nitrogens is 2. The average molecular weight is 384 g/mol. The number of carbonyl (C=O) groups is 2. The number of carboxylic acid groups (broad SMARTS) is 1. The van der Waals surface area contributed by atoms with Crippen LogP contribution in [0.4, 0.5) is 0 Å². The van der Waals surface area contributed by atoms with Crippen molar-refractivity contribution in [3.63, 3.8) is 0 Å². The minimum absolute atomic E-state index is 0.00284. The molecule has 0 bridgehead atoms. The van der Waals surface area contributed by atoms with Gasteiger partial charge in [-0.1, -0.05) is 0 Å². The Bertz CT molecular complexity index is 909. The average Bonchev–Trinajstić information content (AvgIpc) is 3.24. The van der Waals surface area contributed by atoms with Crippen molar-refractivity contribution in [1.82, 2.24) is 19.0 Å². The number of piperazine rings is 1. The van der Waals surface area contributed by atoms with Crippen molar-refractivity contribution in [3.05, 3.63) is 35.0 Å². The van der Waals surface area contributed by atoms with Gasteiger partial charge in [0.25, 0.3) is 15.9 Å². The van der Waals surface area contributed by atoms with E-state index in [0.29, 0.717) is 5.56 Å². The zero-order valence-electron chi connectivity index (χ0n) is 13.3. The maximum atomic E-state index is 12.6. The quantitative estimate of drug-likeness (QED) is 0.813. The fourth-order valence-corrected chi connectivity index (χ4v) is 5.27. The van der Waals surface area contributed by atoms with E-state index in [1.54, 1.807) is 18.1 Å². The van der Waals surface area contributed by atoms with Gasteiger partial charge in [-0.15, -0.1) is 11.3 Å². The van der Waals surface area contributed by atoms with Crippen molar-refractivity contribution in [3.8, 4) is 0 Å². The number of nitrogens with zero attached hydrogens (tertiary/aromatic N) is 4. The Kier molecular flexibility index (Phi) is 4.62. The maximum absolute atomic E-state index is 12.6. The number of hydrogen-bond donors (Lipinski definition) is 1. The number of rotatable bonds is 4. The molecule has 1 saturated heterocycles. The Labute approximate surface area is 148 Å². The fraction of sp³-hybridized carbons (Fsp3) is 0.357. The van der Waals surface area contributed by atoms with Crippen LogP contribution in [0.1, 0.15) is 20.7 Å². The molecule has 0 spiro atoms. The second-order valence-electron chi connectivity index (χ2n) is 5.56. The molecule has 134 valence electrons. The first kappa shape index (κ1) is 17.6. The number of thiophene rings is 1. The lowest BCUT2D eigenvalue weighted by molar-refractivity contribution is 0.0688. The highest BCUT2D eigenvalue weighted by atomic mass is 32.2. The van der Waals surface area contributed by atoms with Crippen molar-refractivity contribution >= 4 is 33.2 Å². The summed E-state index contributed by atoms with van der Waals surface area (Å²) < 4.78 is 28.0. The predicted molar refractivity (Wildman–Crippen MR) is 89.1 cm³/mol. The van der Waals surface area contributed by atoms with Gasteiger partial charge in [0.2, 0.25) is 0 Å². The molecule has 1 aliphatic heterocycles. The summed E-state index contributed by atoms with van der Waals surface area (Å²) in [4.78, 5) is 24.9. The first-order chi connectivity index (χ1) is 11.8. The zero-order valence-corrected chi connectivity index (χ0v) is 15.0. The van der Waals surface area contributed by atoms with Gasteiger partial charge < -0.3 is 10.0 Å². The predicted octanol–water partition coefficient (Wildman–Crippen LogP) is 0.327. The van der Waals surface area contributed by atoms with Crippen LogP contribution in [0.25, 0.3) is 0 Å². The van der Waals surface area contributed by atoms with Gasteiger partial charge in [0.15, 0.2) is 0 Å². The Morgan fingerprint density at radius 2 is 1.88 bits per heavy atom. The van der Waals surface area contributed by atoms with Crippen LogP contribution in [0.3, 0.4) is 0 Å². The Morgan fingerprint density at radius 1 is 1.20 bits per heavy atom. The molecular formula is C14H16N4O5S2. The van der Waals surface area contributed by atoms with Gasteiger partial charge in [0, 0.05) is 44.8 Å². The van der Waals surface area contributed by atoms with Gasteiger partial charge >= 0.3 is 5.97 Å². The molecule has 25 heavy (non-hydrogen) atoms. The highest BCUT2D eigenvalue weighted by molar-refractivity contribution is 7.91. The first-order valence-corrected chi connectivity index (χ1v) is 9.71. The van der Waals surface area contributed by atoms with E-state index in [1.165, 1.54) is 20.6 Å². The maximum Gasteiger partial charge on any atom is 0.336 e. The summed E-state index contributed by atoms with van der Waals surface area (Å²) in [6.45, 7) is 0.859. The summed E-state index contributed by atoms with van der Waals surface area (Å²) in [7, 11) is -2.03. The van der Waals surface area contributed by atoms with Gasteiger partial charge in [-0.2, -0.15) is 9.40 Å². The second-order valence-corrected chi connectivity index (χ2v) is 8.63. The van der Waals surface area contributed by atoms with Gasteiger partial charge in [0.05, 0.1) is 17.3 Å². The van der Waals surface area contributed by atoms with Crippen LogP contribution in [0.2, 0.25) is 0 Å². The standard InChI is InChI=1S/C14H16N4O5S2/c1-16-8-11(7-15-16)13(19)17-2-4-18(5-3-17)25(22,23)12-6-10(9-24-12)14(20)21/h6-9H,2-5H2,1H3,(H,20,21). The Balaban J connectivity index is 1.68. The monoisotopic (exact) mass is 384 g/mol. The zero-order chi connectivity index (χ0) is 18.2. The number of aryl methyl sites for hydroxylation is 1. The minimum Gasteiger partial charge on any atom is -0.478 e. The molecule has 0 unspecified atom stereocenters. The van der Waals surface area contributed by atoms with Crippen molar-refractivity contribution in [2.24, 2.45) is 7.05 Å². The molecule has 0 radical (unpaired) electrons. The van der Waals surface area contributed by atoms with Gasteiger partial charge in [-0.3, -0.25) is 9.48 Å². The molecular weight excluding hydrogens is 368 g/mol. The number of sulfonamides is 1. The van der Waals surface area contributed by atoms with E-state index in [2.05, 4.69) is 5.10 Å². The van der Waals surface area contributed by atoms with Crippen molar-refractivity contribution in [2.45, 2.75) is 4.21 Å². The molecule has 0 aliphatic carbocycles. The topological polar surface area (TPSA) is 113 Å². The van der Waals surface area contributed by atoms with E-state index in [1.807, 2.05) is 0 Å². The summed E-state index contributed by atoms with van der Waals surface area (Å²) in [6, 6.07) is 1.16. The summed E-state index contributed by atoms with van der Waals surface area (Å²) in [5, 5.41) is 14.2. The van der Waals surface area contributed by atoms with Crippen molar-refractivity contribution in [2.75, 3.05) is 26.2 Å².